The van der Waals surface area contributed by atoms with Crippen LogP contribution in [0.2, 0.25) is 5.15 Å². The van der Waals surface area contributed by atoms with Gasteiger partial charge in [-0.3, -0.25) is 10.1 Å². The third-order valence-electron chi connectivity index (χ3n) is 1.70. The predicted molar refractivity (Wildman–Crippen MR) is 57.0 cm³/mol. The monoisotopic (exact) mass is 235 g/mol. The second-order valence-electron chi connectivity index (χ2n) is 2.79. The minimum Gasteiger partial charge on any atom is -0.289 e. The molecule has 1 amide bonds. The molecule has 0 aliphatic rings. The van der Waals surface area contributed by atoms with E-state index in [2.05, 4.69) is 25.5 Å². The third kappa shape index (κ3) is 2.48. The van der Waals surface area contributed by atoms with Crippen LogP contribution >= 0.6 is 11.6 Å². The highest BCUT2D eigenvalue weighted by molar-refractivity contribution is 6.29. The fourth-order valence-electron chi connectivity index (χ4n) is 0.989. The van der Waals surface area contributed by atoms with Gasteiger partial charge in [-0.25, -0.2) is 9.97 Å². The second kappa shape index (κ2) is 4.63. The van der Waals surface area contributed by atoms with E-state index in [1.54, 1.807) is 6.07 Å². The van der Waals surface area contributed by atoms with Crippen molar-refractivity contribution in [1.29, 1.82) is 0 Å². The number of nitrogens with one attached hydrogen (secondary N) is 1. The number of carbonyl (C=O) groups is 1. The minimum absolute atomic E-state index is 0.141. The molecule has 7 heteroatoms. The van der Waals surface area contributed by atoms with Crippen LogP contribution in [0.1, 0.15) is 10.4 Å². The number of carbonyl (C=O) groups excluding carboxylic acids is 1. The number of nitrogens with zero attached hydrogens (tertiary/aromatic N) is 4. The van der Waals surface area contributed by atoms with Gasteiger partial charge in [-0.05, 0) is 12.1 Å². The zero-order chi connectivity index (χ0) is 11.4. The number of rotatable bonds is 2. The molecule has 0 aromatic carbocycles. The smallest absolute Gasteiger partial charge is 0.259 e. The van der Waals surface area contributed by atoms with E-state index in [0.29, 0.717) is 10.7 Å². The Morgan fingerprint density at radius 1 is 1.25 bits per heavy atom. The van der Waals surface area contributed by atoms with Gasteiger partial charge in [0.2, 0.25) is 5.95 Å². The number of hydrogen-bond acceptors (Lipinski definition) is 5. The summed E-state index contributed by atoms with van der Waals surface area (Å²) in [7, 11) is 0. The maximum absolute atomic E-state index is 11.6. The maximum atomic E-state index is 11.6. The number of pyridine rings is 1. The Morgan fingerprint density at radius 3 is 2.75 bits per heavy atom. The number of hydrogen-bond donors (Lipinski definition) is 1. The predicted octanol–water partition coefficient (Wildman–Crippen LogP) is 1.17. The molecule has 0 aliphatic carbocycles. The maximum Gasteiger partial charge on any atom is 0.259 e. The number of aromatic nitrogens is 4. The largest absolute Gasteiger partial charge is 0.289 e. The zero-order valence-corrected chi connectivity index (χ0v) is 8.72. The molecule has 2 aromatic heterocycles. The molecule has 0 spiro atoms. The van der Waals surface area contributed by atoms with E-state index in [-0.39, 0.29) is 11.9 Å². The Morgan fingerprint density at radius 2 is 2.12 bits per heavy atom. The van der Waals surface area contributed by atoms with Crippen LogP contribution in [0.3, 0.4) is 0 Å². The lowest BCUT2D eigenvalue weighted by molar-refractivity contribution is 0.102. The fourth-order valence-corrected chi connectivity index (χ4v) is 1.10. The first-order valence-electron chi connectivity index (χ1n) is 4.32. The van der Waals surface area contributed by atoms with Gasteiger partial charge in [0.25, 0.3) is 5.91 Å². The van der Waals surface area contributed by atoms with Crippen LogP contribution in [-0.2, 0) is 0 Å². The summed E-state index contributed by atoms with van der Waals surface area (Å²) in [6.45, 7) is 0. The molecule has 0 bridgehead atoms. The van der Waals surface area contributed by atoms with Gasteiger partial charge >= 0.3 is 0 Å². The van der Waals surface area contributed by atoms with Crippen molar-refractivity contribution in [3.05, 3.63) is 41.4 Å². The summed E-state index contributed by atoms with van der Waals surface area (Å²) >= 11 is 5.60. The van der Waals surface area contributed by atoms with Gasteiger partial charge in [-0.15, -0.1) is 5.10 Å². The molecule has 0 saturated carbocycles. The highest BCUT2D eigenvalue weighted by Gasteiger charge is 2.07. The zero-order valence-electron chi connectivity index (χ0n) is 7.96. The van der Waals surface area contributed by atoms with Crippen molar-refractivity contribution in [2.24, 2.45) is 0 Å². The molecule has 0 aliphatic heterocycles. The van der Waals surface area contributed by atoms with Crippen LogP contribution in [-0.4, -0.2) is 26.1 Å². The summed E-state index contributed by atoms with van der Waals surface area (Å²) in [6.07, 6.45) is 4.22. The Labute approximate surface area is 95.7 Å². The standard InChI is InChI=1S/C9H6ClN5O/c10-7-2-1-6(5-12-7)8(16)14-9-11-3-4-13-15-9/h1-5H,(H,11,14,15,16). The van der Waals surface area contributed by atoms with Crippen molar-refractivity contribution in [3.8, 4) is 0 Å². The first-order chi connectivity index (χ1) is 7.75. The van der Waals surface area contributed by atoms with Crippen molar-refractivity contribution >= 4 is 23.5 Å². The number of amides is 1. The average molecular weight is 236 g/mol. The van der Waals surface area contributed by atoms with Crippen LogP contribution in [0.5, 0.6) is 0 Å². The summed E-state index contributed by atoms with van der Waals surface area (Å²) in [5.74, 6) is -0.223. The lowest BCUT2D eigenvalue weighted by Crippen LogP contribution is -2.14. The molecule has 6 nitrogen and oxygen atoms in total. The van der Waals surface area contributed by atoms with Crippen molar-refractivity contribution in [2.45, 2.75) is 0 Å². The Hall–Kier alpha value is -2.08. The Balaban J connectivity index is 2.12. The van der Waals surface area contributed by atoms with Crippen molar-refractivity contribution in [3.63, 3.8) is 0 Å². The number of halogens is 1. The van der Waals surface area contributed by atoms with E-state index >= 15 is 0 Å². The van der Waals surface area contributed by atoms with Gasteiger partial charge in [0, 0.05) is 6.20 Å². The van der Waals surface area contributed by atoms with Gasteiger partial charge in [0.15, 0.2) is 0 Å². The molecule has 80 valence electrons. The normalized spacial score (nSPS) is 9.81. The van der Waals surface area contributed by atoms with Crippen molar-refractivity contribution in [1.82, 2.24) is 20.2 Å². The summed E-state index contributed by atoms with van der Waals surface area (Å²) in [6, 6.07) is 3.08. The summed E-state index contributed by atoms with van der Waals surface area (Å²) in [5, 5.41) is 10.0. The molecule has 0 atom stereocenters. The highest BCUT2D eigenvalue weighted by atomic mass is 35.5. The number of anilines is 1. The first kappa shape index (κ1) is 10.4. The van der Waals surface area contributed by atoms with E-state index in [0.717, 1.165) is 0 Å². The Bertz CT molecular complexity index is 487. The van der Waals surface area contributed by atoms with Crippen LogP contribution in [0.15, 0.2) is 30.7 Å². The molecule has 16 heavy (non-hydrogen) atoms. The van der Waals surface area contributed by atoms with E-state index < -0.39 is 0 Å². The van der Waals surface area contributed by atoms with Gasteiger partial charge in [0.05, 0.1) is 18.0 Å². The topological polar surface area (TPSA) is 80.7 Å². The molecular weight excluding hydrogens is 230 g/mol. The van der Waals surface area contributed by atoms with Crippen LogP contribution < -0.4 is 5.32 Å². The summed E-state index contributed by atoms with van der Waals surface area (Å²) < 4.78 is 0. The molecule has 2 heterocycles. The van der Waals surface area contributed by atoms with Gasteiger partial charge in [-0.2, -0.15) is 5.10 Å². The van der Waals surface area contributed by atoms with Gasteiger partial charge in [0.1, 0.15) is 5.15 Å². The van der Waals surface area contributed by atoms with Gasteiger partial charge in [-0.1, -0.05) is 11.6 Å². The molecule has 0 saturated heterocycles. The quantitative estimate of drug-likeness (QED) is 0.791. The first-order valence-corrected chi connectivity index (χ1v) is 4.70. The van der Waals surface area contributed by atoms with Crippen LogP contribution in [0, 0.1) is 0 Å². The molecule has 2 aromatic rings. The van der Waals surface area contributed by atoms with Crippen LogP contribution in [0.4, 0.5) is 5.95 Å². The van der Waals surface area contributed by atoms with E-state index in [1.165, 1.54) is 24.7 Å². The highest BCUT2D eigenvalue weighted by Crippen LogP contribution is 2.06. The molecule has 2 rings (SSSR count). The van der Waals surface area contributed by atoms with Gasteiger partial charge < -0.3 is 0 Å². The lowest BCUT2D eigenvalue weighted by atomic mass is 10.3. The summed E-state index contributed by atoms with van der Waals surface area (Å²) in [4.78, 5) is 19.2. The average Bonchev–Trinajstić information content (AvgIpc) is 2.31. The van der Waals surface area contributed by atoms with E-state index in [4.69, 9.17) is 11.6 Å². The molecular formula is C9H6ClN5O. The third-order valence-corrected chi connectivity index (χ3v) is 1.92. The summed E-state index contributed by atoms with van der Waals surface area (Å²) in [5.41, 5.74) is 0.372. The van der Waals surface area contributed by atoms with Crippen molar-refractivity contribution < 1.29 is 4.79 Å². The second-order valence-corrected chi connectivity index (χ2v) is 3.18. The Kier molecular flexibility index (Phi) is 3.02. The lowest BCUT2D eigenvalue weighted by Gasteiger charge is -2.01. The SMILES string of the molecule is O=C(Nc1nccnn1)c1ccc(Cl)nc1. The van der Waals surface area contributed by atoms with E-state index in [9.17, 15) is 4.79 Å². The van der Waals surface area contributed by atoms with Crippen molar-refractivity contribution in [2.75, 3.05) is 5.32 Å². The van der Waals surface area contributed by atoms with E-state index in [1.807, 2.05) is 0 Å². The molecule has 0 radical (unpaired) electrons. The molecule has 0 fully saturated rings. The molecule has 1 N–H and O–H groups in total. The minimum atomic E-state index is -0.364. The van der Waals surface area contributed by atoms with Crippen LogP contribution in [0.25, 0.3) is 0 Å². The molecule has 0 unspecified atom stereocenters. The fraction of sp³-hybridized carbons (Fsp3) is 0.